The van der Waals surface area contributed by atoms with Crippen molar-refractivity contribution in [2.24, 2.45) is 5.92 Å². The lowest BCUT2D eigenvalue weighted by atomic mass is 9.93. The first-order chi connectivity index (χ1) is 16.4. The van der Waals surface area contributed by atoms with E-state index in [1.807, 2.05) is 58.9 Å². The normalized spacial score (nSPS) is 13.7. The lowest BCUT2D eigenvalue weighted by Crippen LogP contribution is -2.55. The molecule has 1 aromatic rings. The Morgan fingerprint density at radius 2 is 1.83 bits per heavy atom. The smallest absolute Gasteiger partial charge is 0.408 e. The molecule has 0 heterocycles. The van der Waals surface area contributed by atoms with E-state index in [1.54, 1.807) is 20.8 Å². The number of carbonyl (C=O) groups excluding carboxylic acids is 3. The van der Waals surface area contributed by atoms with Crippen LogP contribution in [0.3, 0.4) is 0 Å². The van der Waals surface area contributed by atoms with Gasteiger partial charge in [-0.15, -0.1) is 0 Å². The summed E-state index contributed by atoms with van der Waals surface area (Å²) >= 11 is 0. The summed E-state index contributed by atoms with van der Waals surface area (Å²) in [4.78, 5) is 41.2. The van der Waals surface area contributed by atoms with Crippen molar-refractivity contribution in [3.8, 4) is 6.07 Å². The predicted octanol–water partition coefficient (Wildman–Crippen LogP) is 4.55. The standard InChI is InChI=1S/C27H42N4O4/c1-9-11-16-29-24(32)23(21-14-12-13-19(4)20(21)5)31(17-15-28)25(33)22(18(3)10-2)30-26(34)35-27(6,7)8/h12-14,18,22-23H,9-11,16-17H2,1-8H3,(H,29,32)(H,30,34). The number of rotatable bonds is 11. The second-order valence-corrected chi connectivity index (χ2v) is 9.97. The van der Waals surface area contributed by atoms with E-state index in [0.717, 1.165) is 24.0 Å². The maximum atomic E-state index is 13.9. The zero-order valence-electron chi connectivity index (χ0n) is 22.5. The molecule has 1 aromatic carbocycles. The first-order valence-electron chi connectivity index (χ1n) is 12.4. The van der Waals surface area contributed by atoms with Crippen molar-refractivity contribution in [2.75, 3.05) is 13.1 Å². The van der Waals surface area contributed by atoms with Gasteiger partial charge >= 0.3 is 6.09 Å². The Morgan fingerprint density at radius 3 is 2.37 bits per heavy atom. The largest absolute Gasteiger partial charge is 0.444 e. The molecular weight excluding hydrogens is 444 g/mol. The van der Waals surface area contributed by atoms with Gasteiger partial charge in [-0.05, 0) is 63.6 Å². The molecule has 3 atom stereocenters. The lowest BCUT2D eigenvalue weighted by Gasteiger charge is -2.35. The zero-order valence-corrected chi connectivity index (χ0v) is 22.5. The van der Waals surface area contributed by atoms with Gasteiger partial charge in [0.05, 0.1) is 6.07 Å². The van der Waals surface area contributed by atoms with Crippen LogP contribution in [0.1, 0.15) is 83.5 Å². The van der Waals surface area contributed by atoms with Crippen LogP contribution in [0.4, 0.5) is 4.79 Å². The lowest BCUT2D eigenvalue weighted by molar-refractivity contribution is -0.142. The molecule has 8 heteroatoms. The van der Waals surface area contributed by atoms with E-state index in [9.17, 15) is 19.6 Å². The monoisotopic (exact) mass is 486 g/mol. The molecule has 0 saturated heterocycles. The Labute approximate surface area is 210 Å². The van der Waals surface area contributed by atoms with Gasteiger partial charge in [-0.25, -0.2) is 4.79 Å². The quantitative estimate of drug-likeness (QED) is 0.352. The number of nitriles is 1. The first kappa shape index (κ1) is 30.0. The van der Waals surface area contributed by atoms with Gasteiger partial charge in [0.25, 0.3) is 0 Å². The summed E-state index contributed by atoms with van der Waals surface area (Å²) < 4.78 is 5.38. The molecule has 0 fully saturated rings. The van der Waals surface area contributed by atoms with E-state index in [1.165, 1.54) is 4.90 Å². The highest BCUT2D eigenvalue weighted by Gasteiger charge is 2.38. The molecule has 8 nitrogen and oxygen atoms in total. The second kappa shape index (κ2) is 13.7. The van der Waals surface area contributed by atoms with Crippen LogP contribution < -0.4 is 10.6 Å². The second-order valence-electron chi connectivity index (χ2n) is 9.97. The highest BCUT2D eigenvalue weighted by Crippen LogP contribution is 2.28. The highest BCUT2D eigenvalue weighted by molar-refractivity contribution is 5.92. The number of alkyl carbamates (subject to hydrolysis) is 1. The predicted molar refractivity (Wildman–Crippen MR) is 137 cm³/mol. The van der Waals surface area contributed by atoms with Crippen LogP contribution in [-0.2, 0) is 14.3 Å². The number of benzene rings is 1. The fourth-order valence-corrected chi connectivity index (χ4v) is 3.67. The van der Waals surface area contributed by atoms with Crippen LogP contribution in [0.2, 0.25) is 0 Å². The number of hydrogen-bond donors (Lipinski definition) is 2. The summed E-state index contributed by atoms with van der Waals surface area (Å²) in [6.45, 7) is 15.0. The minimum absolute atomic E-state index is 0.251. The van der Waals surface area contributed by atoms with Gasteiger partial charge in [0.15, 0.2) is 0 Å². The molecule has 3 amide bonds. The van der Waals surface area contributed by atoms with Crippen LogP contribution >= 0.6 is 0 Å². The molecule has 0 bridgehead atoms. The van der Waals surface area contributed by atoms with Crippen LogP contribution in [0, 0.1) is 31.1 Å². The molecular formula is C27H42N4O4. The number of nitrogens with one attached hydrogen (secondary N) is 2. The van der Waals surface area contributed by atoms with Crippen LogP contribution in [-0.4, -0.2) is 47.5 Å². The molecule has 3 unspecified atom stereocenters. The van der Waals surface area contributed by atoms with E-state index < -0.39 is 29.7 Å². The van der Waals surface area contributed by atoms with E-state index in [-0.39, 0.29) is 18.4 Å². The highest BCUT2D eigenvalue weighted by atomic mass is 16.6. The van der Waals surface area contributed by atoms with Crippen molar-refractivity contribution in [1.82, 2.24) is 15.5 Å². The molecule has 0 radical (unpaired) electrons. The maximum absolute atomic E-state index is 13.9. The minimum atomic E-state index is -1.01. The topological polar surface area (TPSA) is 112 Å². The molecule has 35 heavy (non-hydrogen) atoms. The Hall–Kier alpha value is -3.08. The molecule has 1 rings (SSSR count). The minimum Gasteiger partial charge on any atom is -0.444 e. The van der Waals surface area contributed by atoms with Crippen molar-refractivity contribution in [3.05, 3.63) is 34.9 Å². The third-order valence-corrected chi connectivity index (χ3v) is 6.01. The molecule has 194 valence electrons. The molecule has 0 saturated carbocycles. The summed E-state index contributed by atoms with van der Waals surface area (Å²) in [5.41, 5.74) is 1.77. The summed E-state index contributed by atoms with van der Waals surface area (Å²) in [5.74, 6) is -1.10. The Bertz CT molecular complexity index is 917. The number of amides is 3. The van der Waals surface area contributed by atoms with Crippen LogP contribution in [0.25, 0.3) is 0 Å². The third kappa shape index (κ3) is 8.89. The van der Waals surface area contributed by atoms with Gasteiger partial charge in [0.1, 0.15) is 24.2 Å². The summed E-state index contributed by atoms with van der Waals surface area (Å²) in [6.07, 6.45) is 1.59. The fraction of sp³-hybridized carbons (Fsp3) is 0.630. The maximum Gasteiger partial charge on any atom is 0.408 e. The number of carbonyl (C=O) groups is 3. The van der Waals surface area contributed by atoms with Crippen molar-refractivity contribution < 1.29 is 19.1 Å². The van der Waals surface area contributed by atoms with Gasteiger partial charge in [0.2, 0.25) is 11.8 Å². The van der Waals surface area contributed by atoms with E-state index in [4.69, 9.17) is 4.74 Å². The zero-order chi connectivity index (χ0) is 26.8. The number of hydrogen-bond acceptors (Lipinski definition) is 5. The van der Waals surface area contributed by atoms with Crippen molar-refractivity contribution in [3.63, 3.8) is 0 Å². The number of unbranched alkanes of at least 4 members (excludes halogenated alkanes) is 1. The average Bonchev–Trinajstić information content (AvgIpc) is 2.77. The van der Waals surface area contributed by atoms with Gasteiger partial charge in [-0.2, -0.15) is 5.26 Å². The summed E-state index contributed by atoms with van der Waals surface area (Å²) in [5, 5.41) is 15.2. The first-order valence-corrected chi connectivity index (χ1v) is 12.4. The molecule has 2 N–H and O–H groups in total. The van der Waals surface area contributed by atoms with Gasteiger partial charge < -0.3 is 20.3 Å². The van der Waals surface area contributed by atoms with Crippen LogP contribution in [0.5, 0.6) is 0 Å². The van der Waals surface area contributed by atoms with Crippen molar-refractivity contribution in [1.29, 1.82) is 5.26 Å². The number of ether oxygens (including phenoxy) is 1. The summed E-state index contributed by atoms with van der Waals surface area (Å²) in [6, 6.07) is 5.66. The SMILES string of the molecule is CCCCNC(=O)C(c1cccc(C)c1C)N(CC#N)C(=O)C(NC(=O)OC(C)(C)C)C(C)CC. The van der Waals surface area contributed by atoms with E-state index in [2.05, 4.69) is 10.6 Å². The Balaban J connectivity index is 3.51. The molecule has 0 aliphatic carbocycles. The van der Waals surface area contributed by atoms with E-state index >= 15 is 0 Å². The number of aryl methyl sites for hydroxylation is 1. The van der Waals surface area contributed by atoms with Crippen molar-refractivity contribution in [2.45, 2.75) is 92.3 Å². The fourth-order valence-electron chi connectivity index (χ4n) is 3.67. The third-order valence-electron chi connectivity index (χ3n) is 6.01. The summed E-state index contributed by atoms with van der Waals surface area (Å²) in [7, 11) is 0. The molecule has 0 aliphatic rings. The van der Waals surface area contributed by atoms with Gasteiger partial charge in [-0.1, -0.05) is 51.8 Å². The van der Waals surface area contributed by atoms with Crippen molar-refractivity contribution >= 4 is 17.9 Å². The van der Waals surface area contributed by atoms with E-state index in [0.29, 0.717) is 18.5 Å². The molecule has 0 aromatic heterocycles. The molecule has 0 aliphatic heterocycles. The van der Waals surface area contributed by atoms with Gasteiger partial charge in [-0.3, -0.25) is 9.59 Å². The Kier molecular flexibility index (Phi) is 11.7. The Morgan fingerprint density at radius 1 is 1.17 bits per heavy atom. The number of nitrogens with zero attached hydrogens (tertiary/aromatic N) is 2. The average molecular weight is 487 g/mol. The van der Waals surface area contributed by atoms with Crippen LogP contribution in [0.15, 0.2) is 18.2 Å². The van der Waals surface area contributed by atoms with Gasteiger partial charge in [0, 0.05) is 6.54 Å². The molecule has 0 spiro atoms.